The summed E-state index contributed by atoms with van der Waals surface area (Å²) in [5, 5.41) is 9.14. The number of amides is 2. The fourth-order valence-corrected chi connectivity index (χ4v) is 3.00. The Morgan fingerprint density at radius 1 is 1.12 bits per heavy atom. The molecule has 1 N–H and O–H groups in total. The second-order valence-corrected chi connectivity index (χ2v) is 5.82. The van der Waals surface area contributed by atoms with Crippen molar-refractivity contribution in [2.24, 2.45) is 0 Å². The van der Waals surface area contributed by atoms with Crippen LogP contribution in [0.15, 0.2) is 48.5 Å². The monoisotopic (exact) mass is 339 g/mol. The first-order valence-electron chi connectivity index (χ1n) is 7.80. The van der Waals surface area contributed by atoms with Crippen LogP contribution in [0.3, 0.4) is 0 Å². The smallest absolute Gasteiger partial charge is 0.304 e. The Morgan fingerprint density at radius 2 is 1.80 bits per heavy atom. The van der Waals surface area contributed by atoms with Gasteiger partial charge < -0.3 is 9.84 Å². The number of fused-ring (bicyclic) bond motifs is 1. The molecule has 25 heavy (non-hydrogen) atoms. The van der Waals surface area contributed by atoms with E-state index in [4.69, 9.17) is 9.84 Å². The van der Waals surface area contributed by atoms with Crippen LogP contribution in [0.25, 0.3) is 0 Å². The summed E-state index contributed by atoms with van der Waals surface area (Å²) in [5.74, 6) is -2.15. The Balaban J connectivity index is 1.95. The van der Waals surface area contributed by atoms with E-state index in [1.807, 2.05) is 0 Å². The number of aliphatic carboxylic acids is 1. The fourth-order valence-electron chi connectivity index (χ4n) is 3.00. The van der Waals surface area contributed by atoms with Crippen LogP contribution in [0.5, 0.6) is 5.75 Å². The minimum Gasteiger partial charge on any atom is -0.497 e. The summed E-state index contributed by atoms with van der Waals surface area (Å²) in [7, 11) is 1.56. The summed E-state index contributed by atoms with van der Waals surface area (Å²) >= 11 is 0. The molecule has 128 valence electrons. The van der Waals surface area contributed by atoms with E-state index in [9.17, 15) is 14.4 Å². The SMILES string of the molecule is COc1ccc(CN2C(=O)c3ccccc3C(CC(=O)O)C2=O)cc1. The number of benzene rings is 2. The van der Waals surface area contributed by atoms with Crippen LogP contribution in [-0.2, 0) is 16.1 Å². The number of imide groups is 1. The zero-order chi connectivity index (χ0) is 18.0. The average molecular weight is 339 g/mol. The molecular formula is C19H17NO5. The standard InChI is InChI=1S/C19H17NO5/c1-25-13-8-6-12(7-9-13)11-20-18(23)15-5-3-2-4-14(15)16(19(20)24)10-17(21)22/h2-9,16H,10-11H2,1H3,(H,21,22). The van der Waals surface area contributed by atoms with Gasteiger partial charge in [-0.1, -0.05) is 30.3 Å². The van der Waals surface area contributed by atoms with Crippen molar-refractivity contribution in [1.29, 1.82) is 0 Å². The Labute approximate surface area is 144 Å². The van der Waals surface area contributed by atoms with Gasteiger partial charge in [0.1, 0.15) is 5.75 Å². The maximum atomic E-state index is 12.8. The van der Waals surface area contributed by atoms with Crippen molar-refractivity contribution >= 4 is 17.8 Å². The van der Waals surface area contributed by atoms with Crippen LogP contribution in [0.2, 0.25) is 0 Å². The highest BCUT2D eigenvalue weighted by atomic mass is 16.5. The molecule has 2 amide bonds. The van der Waals surface area contributed by atoms with E-state index >= 15 is 0 Å². The molecule has 0 saturated carbocycles. The van der Waals surface area contributed by atoms with Crippen molar-refractivity contribution in [3.63, 3.8) is 0 Å². The van der Waals surface area contributed by atoms with Gasteiger partial charge in [0.2, 0.25) is 5.91 Å². The van der Waals surface area contributed by atoms with E-state index in [1.165, 1.54) is 0 Å². The lowest BCUT2D eigenvalue weighted by Gasteiger charge is -2.32. The average Bonchev–Trinajstić information content (AvgIpc) is 2.62. The Hall–Kier alpha value is -3.15. The zero-order valence-electron chi connectivity index (χ0n) is 13.6. The molecule has 1 heterocycles. The summed E-state index contributed by atoms with van der Waals surface area (Å²) < 4.78 is 5.10. The quantitative estimate of drug-likeness (QED) is 0.846. The predicted octanol–water partition coefficient (Wildman–Crippen LogP) is 2.44. The number of hydrogen-bond acceptors (Lipinski definition) is 4. The van der Waals surface area contributed by atoms with Crippen LogP contribution in [0.1, 0.15) is 33.8 Å². The molecule has 1 aliphatic heterocycles. The molecule has 0 bridgehead atoms. The lowest BCUT2D eigenvalue weighted by Crippen LogP contribution is -2.44. The Kier molecular flexibility index (Phi) is 4.52. The zero-order valence-corrected chi connectivity index (χ0v) is 13.6. The van der Waals surface area contributed by atoms with Crippen molar-refractivity contribution in [3.8, 4) is 5.75 Å². The van der Waals surface area contributed by atoms with Crippen LogP contribution < -0.4 is 4.74 Å². The van der Waals surface area contributed by atoms with Gasteiger partial charge in [0.05, 0.1) is 26.0 Å². The molecule has 0 aromatic heterocycles. The lowest BCUT2D eigenvalue weighted by atomic mass is 9.86. The van der Waals surface area contributed by atoms with Gasteiger partial charge in [-0.3, -0.25) is 19.3 Å². The Bertz CT molecular complexity index is 828. The third-order valence-corrected chi connectivity index (χ3v) is 4.25. The van der Waals surface area contributed by atoms with Crippen LogP contribution >= 0.6 is 0 Å². The number of nitrogens with zero attached hydrogens (tertiary/aromatic N) is 1. The van der Waals surface area contributed by atoms with Gasteiger partial charge in [0.25, 0.3) is 5.91 Å². The number of hydrogen-bond donors (Lipinski definition) is 1. The molecule has 3 rings (SSSR count). The van der Waals surface area contributed by atoms with Crippen molar-refractivity contribution in [3.05, 3.63) is 65.2 Å². The maximum absolute atomic E-state index is 12.8. The summed E-state index contributed by atoms with van der Waals surface area (Å²) in [6, 6.07) is 13.7. The molecule has 0 saturated heterocycles. The molecule has 0 radical (unpaired) electrons. The lowest BCUT2D eigenvalue weighted by molar-refractivity contribution is -0.141. The number of ether oxygens (including phenoxy) is 1. The van der Waals surface area contributed by atoms with Crippen LogP contribution in [0.4, 0.5) is 0 Å². The van der Waals surface area contributed by atoms with E-state index in [0.29, 0.717) is 16.9 Å². The molecule has 6 heteroatoms. The minimum absolute atomic E-state index is 0.0894. The maximum Gasteiger partial charge on any atom is 0.304 e. The van der Waals surface area contributed by atoms with Gasteiger partial charge in [-0.25, -0.2) is 0 Å². The summed E-state index contributed by atoms with van der Waals surface area (Å²) in [6.07, 6.45) is -0.345. The molecule has 0 spiro atoms. The highest BCUT2D eigenvalue weighted by molar-refractivity contribution is 6.12. The summed E-state index contributed by atoms with van der Waals surface area (Å²) in [4.78, 5) is 37.8. The van der Waals surface area contributed by atoms with E-state index in [-0.39, 0.29) is 13.0 Å². The van der Waals surface area contributed by atoms with Crippen molar-refractivity contribution in [1.82, 2.24) is 4.90 Å². The molecule has 0 aliphatic carbocycles. The Morgan fingerprint density at radius 3 is 2.44 bits per heavy atom. The van der Waals surface area contributed by atoms with Crippen LogP contribution in [0, 0.1) is 0 Å². The van der Waals surface area contributed by atoms with Gasteiger partial charge in [-0.2, -0.15) is 0 Å². The second kappa shape index (κ2) is 6.76. The predicted molar refractivity (Wildman–Crippen MR) is 89.3 cm³/mol. The number of carbonyl (C=O) groups excluding carboxylic acids is 2. The van der Waals surface area contributed by atoms with Gasteiger partial charge in [-0.15, -0.1) is 0 Å². The number of carboxylic acid groups (broad SMARTS) is 1. The van der Waals surface area contributed by atoms with E-state index in [1.54, 1.807) is 55.6 Å². The molecule has 2 aromatic carbocycles. The topological polar surface area (TPSA) is 83.9 Å². The van der Waals surface area contributed by atoms with Crippen molar-refractivity contribution in [2.75, 3.05) is 7.11 Å². The van der Waals surface area contributed by atoms with Gasteiger partial charge >= 0.3 is 5.97 Å². The molecule has 2 aromatic rings. The molecule has 0 fully saturated rings. The number of methoxy groups -OCH3 is 1. The molecule has 1 aliphatic rings. The summed E-state index contributed by atoms with van der Waals surface area (Å²) in [6.45, 7) is 0.0894. The fraction of sp³-hybridized carbons (Fsp3) is 0.211. The summed E-state index contributed by atoms with van der Waals surface area (Å²) in [5.41, 5.74) is 1.61. The van der Waals surface area contributed by atoms with Gasteiger partial charge in [0.15, 0.2) is 0 Å². The van der Waals surface area contributed by atoms with Crippen LogP contribution in [-0.4, -0.2) is 34.9 Å². The highest BCUT2D eigenvalue weighted by Crippen LogP contribution is 2.32. The van der Waals surface area contributed by atoms with E-state index in [0.717, 1.165) is 10.5 Å². The molecule has 1 atom stereocenters. The highest BCUT2D eigenvalue weighted by Gasteiger charge is 2.39. The number of carbonyl (C=O) groups is 3. The molecule has 1 unspecified atom stereocenters. The first-order chi connectivity index (χ1) is 12.0. The van der Waals surface area contributed by atoms with Gasteiger partial charge in [-0.05, 0) is 29.3 Å². The molecule has 6 nitrogen and oxygen atoms in total. The largest absolute Gasteiger partial charge is 0.497 e. The number of rotatable bonds is 5. The first-order valence-corrected chi connectivity index (χ1v) is 7.80. The third-order valence-electron chi connectivity index (χ3n) is 4.25. The third kappa shape index (κ3) is 3.24. The second-order valence-electron chi connectivity index (χ2n) is 5.82. The number of carboxylic acids is 1. The first kappa shape index (κ1) is 16.7. The van der Waals surface area contributed by atoms with E-state index in [2.05, 4.69) is 0 Å². The molecular weight excluding hydrogens is 322 g/mol. The van der Waals surface area contributed by atoms with Crippen molar-refractivity contribution < 1.29 is 24.2 Å². The normalized spacial score (nSPS) is 16.5. The van der Waals surface area contributed by atoms with Gasteiger partial charge in [0, 0.05) is 5.56 Å². The van der Waals surface area contributed by atoms with Crippen molar-refractivity contribution in [2.45, 2.75) is 18.9 Å². The minimum atomic E-state index is -1.08. The van der Waals surface area contributed by atoms with E-state index < -0.39 is 23.7 Å².